The van der Waals surface area contributed by atoms with Crippen LogP contribution in [0.1, 0.15) is 24.9 Å². The van der Waals surface area contributed by atoms with Gasteiger partial charge in [-0.25, -0.2) is 0 Å². The lowest BCUT2D eigenvalue weighted by atomic mass is 10.00. The van der Waals surface area contributed by atoms with Crippen LogP contribution in [0.4, 0.5) is 13.2 Å². The van der Waals surface area contributed by atoms with Gasteiger partial charge in [-0.1, -0.05) is 37.3 Å². The maximum atomic E-state index is 12.7. The molecule has 0 amide bonds. The molecule has 0 saturated carbocycles. The third kappa shape index (κ3) is 3.94. The molecular formula is C14H19F3N2. The van der Waals surface area contributed by atoms with Gasteiger partial charge in [0.15, 0.2) is 0 Å². The third-order valence-electron chi connectivity index (χ3n) is 3.56. The summed E-state index contributed by atoms with van der Waals surface area (Å²) in [5.74, 6) is 0. The topological polar surface area (TPSA) is 15.3 Å². The van der Waals surface area contributed by atoms with Crippen molar-refractivity contribution in [2.45, 2.75) is 31.6 Å². The van der Waals surface area contributed by atoms with Crippen LogP contribution in [-0.4, -0.2) is 36.8 Å². The lowest BCUT2D eigenvalue weighted by Gasteiger charge is -2.40. The summed E-state index contributed by atoms with van der Waals surface area (Å²) in [4.78, 5) is 1.54. The van der Waals surface area contributed by atoms with Crippen LogP contribution in [0.15, 0.2) is 30.3 Å². The molecule has 1 aliphatic heterocycles. The number of benzene rings is 1. The van der Waals surface area contributed by atoms with Gasteiger partial charge in [-0.05, 0) is 12.0 Å². The van der Waals surface area contributed by atoms with E-state index >= 15 is 0 Å². The largest absolute Gasteiger partial charge is 0.401 e. The summed E-state index contributed by atoms with van der Waals surface area (Å²) < 4.78 is 38.1. The third-order valence-corrected chi connectivity index (χ3v) is 3.56. The highest BCUT2D eigenvalue weighted by molar-refractivity contribution is 5.20. The first-order valence-electron chi connectivity index (χ1n) is 6.58. The van der Waals surface area contributed by atoms with E-state index in [1.165, 1.54) is 0 Å². The Balaban J connectivity index is 2.15. The second-order valence-electron chi connectivity index (χ2n) is 4.98. The highest BCUT2D eigenvalue weighted by Gasteiger charge is 2.37. The van der Waals surface area contributed by atoms with E-state index in [4.69, 9.17) is 0 Å². The summed E-state index contributed by atoms with van der Waals surface area (Å²) in [6, 6.07) is 9.33. The van der Waals surface area contributed by atoms with E-state index in [1.54, 1.807) is 4.90 Å². The maximum absolute atomic E-state index is 12.7. The minimum absolute atomic E-state index is 0.141. The molecule has 19 heavy (non-hydrogen) atoms. The van der Waals surface area contributed by atoms with Gasteiger partial charge in [0.1, 0.15) is 0 Å². The van der Waals surface area contributed by atoms with Crippen molar-refractivity contribution in [1.29, 1.82) is 0 Å². The molecule has 2 nitrogen and oxygen atoms in total. The Morgan fingerprint density at radius 2 is 1.95 bits per heavy atom. The van der Waals surface area contributed by atoms with Crippen molar-refractivity contribution in [2.24, 2.45) is 0 Å². The molecule has 1 aromatic rings. The van der Waals surface area contributed by atoms with Gasteiger partial charge in [-0.15, -0.1) is 0 Å². The molecule has 2 atom stereocenters. The molecule has 0 spiro atoms. The Morgan fingerprint density at radius 1 is 1.26 bits per heavy atom. The number of rotatable bonds is 3. The van der Waals surface area contributed by atoms with Crippen molar-refractivity contribution in [3.05, 3.63) is 35.9 Å². The second-order valence-corrected chi connectivity index (χ2v) is 4.98. The van der Waals surface area contributed by atoms with Crippen LogP contribution in [0.3, 0.4) is 0 Å². The van der Waals surface area contributed by atoms with E-state index < -0.39 is 12.7 Å². The highest BCUT2D eigenvalue weighted by atomic mass is 19.4. The predicted octanol–water partition coefficient (Wildman–Crippen LogP) is 2.97. The summed E-state index contributed by atoms with van der Waals surface area (Å²) in [7, 11) is 0. The number of nitrogens with zero attached hydrogens (tertiary/aromatic N) is 1. The van der Waals surface area contributed by atoms with Crippen LogP contribution in [0, 0.1) is 0 Å². The first kappa shape index (κ1) is 14.3. The Hall–Kier alpha value is -1.07. The molecule has 0 aromatic heterocycles. The van der Waals surface area contributed by atoms with E-state index in [9.17, 15) is 13.2 Å². The van der Waals surface area contributed by atoms with Crippen LogP contribution in [0.5, 0.6) is 0 Å². The van der Waals surface area contributed by atoms with Crippen molar-refractivity contribution in [2.75, 3.05) is 19.6 Å². The molecule has 0 aliphatic carbocycles. The van der Waals surface area contributed by atoms with Gasteiger partial charge in [-0.2, -0.15) is 13.2 Å². The van der Waals surface area contributed by atoms with E-state index in [-0.39, 0.29) is 12.1 Å². The SMILES string of the molecule is CCC1CN(CC(F)(F)F)C(c2ccccc2)CN1. The Morgan fingerprint density at radius 3 is 2.53 bits per heavy atom. The lowest BCUT2D eigenvalue weighted by molar-refractivity contribution is -0.154. The van der Waals surface area contributed by atoms with Gasteiger partial charge in [0.2, 0.25) is 0 Å². The maximum Gasteiger partial charge on any atom is 0.401 e. The van der Waals surface area contributed by atoms with Crippen molar-refractivity contribution >= 4 is 0 Å². The minimum Gasteiger partial charge on any atom is -0.311 e. The quantitative estimate of drug-likeness (QED) is 0.910. The number of alkyl halides is 3. The molecule has 2 rings (SSSR count). The number of hydrogen-bond acceptors (Lipinski definition) is 2. The Labute approximate surface area is 111 Å². The standard InChI is InChI=1S/C14H19F3N2/c1-2-12-9-19(10-14(15,16)17)13(8-18-12)11-6-4-3-5-7-11/h3-7,12-13,18H,2,8-10H2,1H3. The molecule has 0 radical (unpaired) electrons. The van der Waals surface area contributed by atoms with Crippen LogP contribution in [-0.2, 0) is 0 Å². The molecular weight excluding hydrogens is 253 g/mol. The average Bonchev–Trinajstić information content (AvgIpc) is 2.38. The van der Waals surface area contributed by atoms with E-state index in [0.717, 1.165) is 12.0 Å². The van der Waals surface area contributed by atoms with Gasteiger partial charge in [0, 0.05) is 25.2 Å². The Kier molecular flexibility index (Phi) is 4.47. The van der Waals surface area contributed by atoms with Crippen LogP contribution in [0.25, 0.3) is 0 Å². The summed E-state index contributed by atoms with van der Waals surface area (Å²) in [5.41, 5.74) is 0.939. The van der Waals surface area contributed by atoms with Crippen molar-refractivity contribution in [3.63, 3.8) is 0 Å². The normalized spacial score (nSPS) is 25.5. The minimum atomic E-state index is -4.15. The second kappa shape index (κ2) is 5.92. The van der Waals surface area contributed by atoms with Crippen molar-refractivity contribution in [1.82, 2.24) is 10.2 Å². The molecule has 106 valence electrons. The zero-order valence-electron chi connectivity index (χ0n) is 11.0. The van der Waals surface area contributed by atoms with Crippen molar-refractivity contribution < 1.29 is 13.2 Å². The molecule has 5 heteroatoms. The van der Waals surface area contributed by atoms with E-state index in [0.29, 0.717) is 13.1 Å². The lowest BCUT2D eigenvalue weighted by Crippen LogP contribution is -2.54. The van der Waals surface area contributed by atoms with Gasteiger partial charge >= 0.3 is 6.18 Å². The number of nitrogens with one attached hydrogen (secondary N) is 1. The van der Waals surface area contributed by atoms with Crippen LogP contribution >= 0.6 is 0 Å². The predicted molar refractivity (Wildman–Crippen MR) is 68.9 cm³/mol. The number of hydrogen-bond donors (Lipinski definition) is 1. The molecule has 1 aliphatic rings. The molecule has 1 fully saturated rings. The highest BCUT2D eigenvalue weighted by Crippen LogP contribution is 2.28. The zero-order valence-corrected chi connectivity index (χ0v) is 11.0. The van der Waals surface area contributed by atoms with Crippen LogP contribution < -0.4 is 5.32 Å². The summed E-state index contributed by atoms with van der Waals surface area (Å²) >= 11 is 0. The molecule has 1 heterocycles. The van der Waals surface area contributed by atoms with Gasteiger partial charge in [-0.3, -0.25) is 4.90 Å². The average molecular weight is 272 g/mol. The summed E-state index contributed by atoms with van der Waals surface area (Å²) in [5, 5.41) is 3.32. The molecule has 0 bridgehead atoms. The number of halogens is 3. The van der Waals surface area contributed by atoms with E-state index in [1.807, 2.05) is 37.3 Å². The molecule has 2 unspecified atom stereocenters. The summed E-state index contributed by atoms with van der Waals surface area (Å²) in [6.45, 7) is 2.16. The fraction of sp³-hybridized carbons (Fsp3) is 0.571. The smallest absolute Gasteiger partial charge is 0.311 e. The molecule has 1 saturated heterocycles. The Bertz CT molecular complexity index is 391. The van der Waals surface area contributed by atoms with Gasteiger partial charge in [0.05, 0.1) is 6.54 Å². The number of piperazine rings is 1. The first-order chi connectivity index (χ1) is 8.99. The molecule has 1 N–H and O–H groups in total. The molecule has 1 aromatic carbocycles. The van der Waals surface area contributed by atoms with E-state index in [2.05, 4.69) is 5.32 Å². The fourth-order valence-electron chi connectivity index (χ4n) is 2.56. The first-order valence-corrected chi connectivity index (χ1v) is 6.58. The fourth-order valence-corrected chi connectivity index (χ4v) is 2.56. The zero-order chi connectivity index (χ0) is 13.9. The summed E-state index contributed by atoms with van der Waals surface area (Å²) in [6.07, 6.45) is -3.31. The van der Waals surface area contributed by atoms with Gasteiger partial charge in [0.25, 0.3) is 0 Å². The van der Waals surface area contributed by atoms with Crippen molar-refractivity contribution in [3.8, 4) is 0 Å². The van der Waals surface area contributed by atoms with Crippen LogP contribution in [0.2, 0.25) is 0 Å². The van der Waals surface area contributed by atoms with Gasteiger partial charge < -0.3 is 5.32 Å². The monoisotopic (exact) mass is 272 g/mol.